The standard InChI is InChI=1S/C25H36O5/c1-5-6-14(2)16-7-8-17-21-18(11-20(28)24(16,17)4)23(3)10-9-15(26)12-25(23,22(29)30)13-19(21)27/h14,16-18,21H,5-13H2,1-4H3,(H,29,30)/t14-,16-,17?,18?,21?,23-,24-,25?/m1/s1. The lowest BCUT2D eigenvalue weighted by molar-refractivity contribution is -0.195. The van der Waals surface area contributed by atoms with Gasteiger partial charge in [-0.15, -0.1) is 0 Å². The highest BCUT2D eigenvalue weighted by Crippen LogP contribution is 2.69. The molecule has 4 unspecified atom stereocenters. The van der Waals surface area contributed by atoms with E-state index < -0.39 is 22.2 Å². The Morgan fingerprint density at radius 2 is 1.83 bits per heavy atom. The molecule has 0 aromatic rings. The lowest BCUT2D eigenvalue weighted by Crippen LogP contribution is -2.65. The largest absolute Gasteiger partial charge is 0.481 e. The van der Waals surface area contributed by atoms with Gasteiger partial charge >= 0.3 is 5.97 Å². The molecule has 0 radical (unpaired) electrons. The molecule has 4 rings (SSSR count). The second kappa shape index (κ2) is 7.00. The maximum absolute atomic E-state index is 13.7. The van der Waals surface area contributed by atoms with Crippen molar-refractivity contribution in [2.45, 2.75) is 85.5 Å². The van der Waals surface area contributed by atoms with Gasteiger partial charge in [0, 0.05) is 37.0 Å². The SMILES string of the molecule is CCC[C@@H](C)[C@H]1CCC2C3C(=O)CC4(C(=O)O)CC(=O)CC[C@]4(C)C3CC(=O)[C@@]21C. The van der Waals surface area contributed by atoms with Crippen LogP contribution in [0.15, 0.2) is 0 Å². The number of rotatable bonds is 4. The fourth-order valence-corrected chi connectivity index (χ4v) is 8.51. The molecule has 4 fully saturated rings. The number of hydrogen-bond acceptors (Lipinski definition) is 4. The Kier molecular flexibility index (Phi) is 5.06. The van der Waals surface area contributed by atoms with Crippen LogP contribution in [0.5, 0.6) is 0 Å². The van der Waals surface area contributed by atoms with Gasteiger partial charge in [0.15, 0.2) is 0 Å². The lowest BCUT2D eigenvalue weighted by Gasteiger charge is -2.62. The van der Waals surface area contributed by atoms with Gasteiger partial charge < -0.3 is 5.11 Å². The van der Waals surface area contributed by atoms with Crippen LogP contribution in [0.2, 0.25) is 0 Å². The van der Waals surface area contributed by atoms with E-state index in [0.29, 0.717) is 31.1 Å². The van der Waals surface area contributed by atoms with Crippen LogP contribution in [-0.2, 0) is 19.2 Å². The number of hydrogen-bond donors (Lipinski definition) is 1. The second-order valence-electron chi connectivity index (χ2n) is 11.3. The molecular weight excluding hydrogens is 380 g/mol. The van der Waals surface area contributed by atoms with E-state index in [1.807, 2.05) is 6.92 Å². The summed E-state index contributed by atoms with van der Waals surface area (Å²) in [6.45, 7) is 8.47. The molecule has 0 aromatic carbocycles. The van der Waals surface area contributed by atoms with Crippen LogP contribution in [0.1, 0.15) is 85.5 Å². The maximum atomic E-state index is 13.7. The normalized spacial score (nSPS) is 46.7. The van der Waals surface area contributed by atoms with Gasteiger partial charge in [0.1, 0.15) is 17.3 Å². The molecule has 0 bridgehead atoms. The Morgan fingerprint density at radius 1 is 1.13 bits per heavy atom. The Balaban J connectivity index is 1.77. The third-order valence-electron chi connectivity index (χ3n) is 10.2. The number of carbonyl (C=O) groups is 4. The third-order valence-corrected chi connectivity index (χ3v) is 10.2. The Morgan fingerprint density at radius 3 is 2.47 bits per heavy atom. The van der Waals surface area contributed by atoms with Crippen LogP contribution in [0.4, 0.5) is 0 Å². The zero-order valence-electron chi connectivity index (χ0n) is 18.8. The Labute approximate surface area is 179 Å². The van der Waals surface area contributed by atoms with E-state index in [2.05, 4.69) is 20.8 Å². The fourth-order valence-electron chi connectivity index (χ4n) is 8.51. The highest BCUT2D eigenvalue weighted by atomic mass is 16.4. The number of carboxylic acid groups (broad SMARTS) is 1. The van der Waals surface area contributed by atoms with Gasteiger partial charge in [-0.1, -0.05) is 40.5 Å². The van der Waals surface area contributed by atoms with E-state index in [1.165, 1.54) is 0 Å². The first-order valence-electron chi connectivity index (χ1n) is 11.8. The van der Waals surface area contributed by atoms with Crippen LogP contribution >= 0.6 is 0 Å². The average molecular weight is 417 g/mol. The Bertz CT molecular complexity index is 801. The quantitative estimate of drug-likeness (QED) is 0.731. The second-order valence-corrected chi connectivity index (χ2v) is 11.3. The topological polar surface area (TPSA) is 88.5 Å². The minimum Gasteiger partial charge on any atom is -0.481 e. The van der Waals surface area contributed by atoms with E-state index >= 15 is 0 Å². The van der Waals surface area contributed by atoms with Gasteiger partial charge in [-0.25, -0.2) is 0 Å². The molecule has 0 aromatic heterocycles. The summed E-state index contributed by atoms with van der Waals surface area (Å²) in [5.74, 6) is -0.615. The van der Waals surface area contributed by atoms with Crippen molar-refractivity contribution in [3.63, 3.8) is 0 Å². The van der Waals surface area contributed by atoms with Crippen molar-refractivity contribution in [2.24, 2.45) is 45.8 Å². The zero-order chi connectivity index (χ0) is 22.1. The first-order valence-corrected chi connectivity index (χ1v) is 11.8. The molecule has 166 valence electrons. The number of Topliss-reactive ketones (excluding diaryl/α,β-unsaturated/α-hetero) is 3. The predicted octanol–water partition coefficient (Wildman–Crippen LogP) is 4.46. The molecule has 30 heavy (non-hydrogen) atoms. The molecular formula is C25H36O5. The first kappa shape index (κ1) is 21.7. The summed E-state index contributed by atoms with van der Waals surface area (Å²) >= 11 is 0. The number of carboxylic acids is 1. The average Bonchev–Trinajstić information content (AvgIpc) is 3.02. The van der Waals surface area contributed by atoms with Gasteiger partial charge in [-0.05, 0) is 48.3 Å². The van der Waals surface area contributed by atoms with Crippen molar-refractivity contribution in [3.05, 3.63) is 0 Å². The highest BCUT2D eigenvalue weighted by molar-refractivity contribution is 5.98. The first-order chi connectivity index (χ1) is 14.0. The van der Waals surface area contributed by atoms with Crippen LogP contribution in [-0.4, -0.2) is 28.4 Å². The molecule has 0 heterocycles. The van der Waals surface area contributed by atoms with Gasteiger partial charge in [0.25, 0.3) is 0 Å². The summed E-state index contributed by atoms with van der Waals surface area (Å²) in [6, 6.07) is 0. The molecule has 0 amide bonds. The van der Waals surface area contributed by atoms with Crippen molar-refractivity contribution in [3.8, 4) is 0 Å². The molecule has 4 aliphatic carbocycles. The van der Waals surface area contributed by atoms with Gasteiger partial charge in [-0.2, -0.15) is 0 Å². The van der Waals surface area contributed by atoms with Crippen molar-refractivity contribution in [2.75, 3.05) is 0 Å². The highest BCUT2D eigenvalue weighted by Gasteiger charge is 2.71. The Hall–Kier alpha value is -1.52. The van der Waals surface area contributed by atoms with Gasteiger partial charge in [0.05, 0.1) is 5.41 Å². The summed E-state index contributed by atoms with van der Waals surface area (Å²) in [4.78, 5) is 52.0. The van der Waals surface area contributed by atoms with Crippen LogP contribution in [0.3, 0.4) is 0 Å². The summed E-state index contributed by atoms with van der Waals surface area (Å²) < 4.78 is 0. The molecule has 8 atom stereocenters. The molecule has 0 aliphatic heterocycles. The van der Waals surface area contributed by atoms with E-state index in [-0.39, 0.29) is 47.9 Å². The predicted molar refractivity (Wildman–Crippen MR) is 112 cm³/mol. The maximum Gasteiger partial charge on any atom is 0.311 e. The summed E-state index contributed by atoms with van der Waals surface area (Å²) in [5, 5.41) is 10.2. The van der Waals surface area contributed by atoms with Crippen molar-refractivity contribution < 1.29 is 24.3 Å². The van der Waals surface area contributed by atoms with Crippen molar-refractivity contribution in [1.29, 1.82) is 0 Å². The smallest absolute Gasteiger partial charge is 0.311 e. The van der Waals surface area contributed by atoms with Crippen LogP contribution < -0.4 is 0 Å². The van der Waals surface area contributed by atoms with Crippen molar-refractivity contribution >= 4 is 23.3 Å². The van der Waals surface area contributed by atoms with Gasteiger partial charge in [-0.3, -0.25) is 19.2 Å². The van der Waals surface area contributed by atoms with E-state index in [9.17, 15) is 24.3 Å². The number of aliphatic carboxylic acids is 1. The lowest BCUT2D eigenvalue weighted by atomic mass is 9.39. The minimum atomic E-state index is -1.35. The van der Waals surface area contributed by atoms with Crippen LogP contribution in [0, 0.1) is 45.8 Å². The fraction of sp³-hybridized carbons (Fsp3) is 0.840. The third kappa shape index (κ3) is 2.59. The number of carbonyl (C=O) groups excluding carboxylic acids is 3. The van der Waals surface area contributed by atoms with E-state index in [1.54, 1.807) is 0 Å². The molecule has 4 saturated carbocycles. The molecule has 0 saturated heterocycles. The summed E-state index contributed by atoms with van der Waals surface area (Å²) in [5.41, 5.74) is -2.51. The van der Waals surface area contributed by atoms with Crippen molar-refractivity contribution in [1.82, 2.24) is 0 Å². The summed E-state index contributed by atoms with van der Waals surface area (Å²) in [7, 11) is 0. The van der Waals surface area contributed by atoms with Gasteiger partial charge in [0.2, 0.25) is 0 Å². The molecule has 5 nitrogen and oxygen atoms in total. The zero-order valence-corrected chi connectivity index (χ0v) is 18.8. The molecule has 1 N–H and O–H groups in total. The number of ketones is 3. The minimum absolute atomic E-state index is 0.0119. The summed E-state index contributed by atoms with van der Waals surface area (Å²) in [6.07, 6.45) is 5.02. The molecule has 4 aliphatic rings. The monoisotopic (exact) mass is 416 g/mol. The van der Waals surface area contributed by atoms with E-state index in [0.717, 1.165) is 25.7 Å². The van der Waals surface area contributed by atoms with E-state index in [4.69, 9.17) is 0 Å². The number of fused-ring (bicyclic) bond motifs is 5. The molecule has 0 spiro atoms. The molecule has 5 heteroatoms. The van der Waals surface area contributed by atoms with Crippen LogP contribution in [0.25, 0.3) is 0 Å².